The predicted octanol–water partition coefficient (Wildman–Crippen LogP) is 2.02. The number of aromatic nitrogens is 2. The number of likely N-dealkylation sites (N-methyl/N-ethyl adjacent to an activating group) is 1. The van der Waals surface area contributed by atoms with E-state index in [2.05, 4.69) is 9.97 Å². The number of aryl methyl sites for hydroxylation is 1. The summed E-state index contributed by atoms with van der Waals surface area (Å²) in [5.41, 5.74) is 0.453. The normalized spacial score (nSPS) is 21.8. The molecule has 1 amide bonds. The first kappa shape index (κ1) is 15.2. The van der Waals surface area contributed by atoms with E-state index in [4.69, 9.17) is 0 Å². The highest BCUT2D eigenvalue weighted by Gasteiger charge is 2.36. The summed E-state index contributed by atoms with van der Waals surface area (Å²) in [4.78, 5) is 24.2. The van der Waals surface area contributed by atoms with Gasteiger partial charge in [0.05, 0.1) is 5.69 Å². The molecule has 2 aliphatic rings. The van der Waals surface area contributed by atoms with E-state index in [0.29, 0.717) is 24.5 Å². The molecule has 0 spiro atoms. The van der Waals surface area contributed by atoms with Crippen LogP contribution < -0.4 is 4.90 Å². The molecule has 6 heteroatoms. The molecule has 5 nitrogen and oxygen atoms in total. The van der Waals surface area contributed by atoms with Crippen LogP contribution >= 0.6 is 0 Å². The summed E-state index contributed by atoms with van der Waals surface area (Å²) in [6.07, 6.45) is 5.93. The first-order valence-electron chi connectivity index (χ1n) is 8.12. The van der Waals surface area contributed by atoms with Crippen molar-refractivity contribution >= 4 is 11.7 Å². The van der Waals surface area contributed by atoms with E-state index < -0.39 is 0 Å². The number of carbonyl (C=O) groups is 1. The first-order chi connectivity index (χ1) is 10.6. The van der Waals surface area contributed by atoms with E-state index >= 15 is 0 Å². The number of anilines is 1. The van der Waals surface area contributed by atoms with Crippen molar-refractivity contribution in [3.63, 3.8) is 0 Å². The Kier molecular flexibility index (Phi) is 4.27. The summed E-state index contributed by atoms with van der Waals surface area (Å²) in [6.45, 7) is 3.31. The number of halogens is 1. The molecule has 0 N–H and O–H groups in total. The molecule has 1 saturated heterocycles. The van der Waals surface area contributed by atoms with Crippen LogP contribution in [0.5, 0.6) is 0 Å². The Bertz CT molecular complexity index is 561. The van der Waals surface area contributed by atoms with E-state index in [1.54, 1.807) is 0 Å². The van der Waals surface area contributed by atoms with Gasteiger partial charge in [-0.2, -0.15) is 0 Å². The van der Waals surface area contributed by atoms with Crippen LogP contribution in [0.3, 0.4) is 0 Å². The Morgan fingerprint density at radius 1 is 1.41 bits per heavy atom. The Labute approximate surface area is 130 Å². The molecule has 1 aromatic rings. The maximum Gasteiger partial charge on any atom is 0.225 e. The smallest absolute Gasteiger partial charge is 0.225 e. The zero-order valence-electron chi connectivity index (χ0n) is 13.3. The average molecular weight is 306 g/mol. The predicted molar refractivity (Wildman–Crippen MR) is 82.1 cm³/mol. The molecule has 1 aliphatic carbocycles. The van der Waals surface area contributed by atoms with Crippen molar-refractivity contribution in [2.75, 3.05) is 25.0 Å². The molecule has 3 rings (SSSR count). The number of nitrogens with zero attached hydrogens (tertiary/aromatic N) is 4. The van der Waals surface area contributed by atoms with Gasteiger partial charge in [-0.3, -0.25) is 4.79 Å². The van der Waals surface area contributed by atoms with Crippen LogP contribution in [0.4, 0.5) is 10.2 Å². The summed E-state index contributed by atoms with van der Waals surface area (Å²) in [7, 11) is 1.88. The number of hydrogen-bond acceptors (Lipinski definition) is 4. The molecular formula is C16H23FN4O. The van der Waals surface area contributed by atoms with Gasteiger partial charge in [0.15, 0.2) is 11.6 Å². The topological polar surface area (TPSA) is 49.3 Å². The highest BCUT2D eigenvalue weighted by atomic mass is 19.1. The lowest BCUT2D eigenvalue weighted by Gasteiger charge is -2.38. The lowest BCUT2D eigenvalue weighted by atomic mass is 10.0. The monoisotopic (exact) mass is 306 g/mol. The lowest BCUT2D eigenvalue weighted by molar-refractivity contribution is -0.133. The third-order valence-electron chi connectivity index (χ3n) is 4.70. The van der Waals surface area contributed by atoms with Crippen molar-refractivity contribution in [3.8, 4) is 0 Å². The quantitative estimate of drug-likeness (QED) is 0.854. The third-order valence-corrected chi connectivity index (χ3v) is 4.70. The molecule has 22 heavy (non-hydrogen) atoms. The molecule has 0 radical (unpaired) electrons. The minimum Gasteiger partial charge on any atom is -0.352 e. The molecule has 1 atom stereocenters. The van der Waals surface area contributed by atoms with E-state index in [1.807, 2.05) is 23.8 Å². The fourth-order valence-electron chi connectivity index (χ4n) is 3.12. The first-order valence-corrected chi connectivity index (χ1v) is 8.12. The Morgan fingerprint density at radius 3 is 2.86 bits per heavy atom. The zero-order chi connectivity index (χ0) is 15.7. The molecule has 2 heterocycles. The van der Waals surface area contributed by atoms with Gasteiger partial charge in [-0.15, -0.1) is 0 Å². The van der Waals surface area contributed by atoms with Crippen LogP contribution in [0.25, 0.3) is 0 Å². The van der Waals surface area contributed by atoms with E-state index in [1.165, 1.54) is 6.33 Å². The standard InChI is InChI=1S/C16H23FN4O/c1-3-13-14(17)15(19-10-18-13)21-8-4-5-12(9-21)20(2)16(22)11-6-7-11/h10-12H,3-9H2,1-2H3. The number of carbonyl (C=O) groups excluding carboxylic acids is 1. The van der Waals surface area contributed by atoms with Crippen molar-refractivity contribution in [3.05, 3.63) is 17.8 Å². The third kappa shape index (κ3) is 2.91. The summed E-state index contributed by atoms with van der Waals surface area (Å²) in [5, 5.41) is 0. The minimum atomic E-state index is -0.318. The SMILES string of the molecule is CCc1ncnc(N2CCCC(N(C)C(=O)C3CC3)C2)c1F. The van der Waals surface area contributed by atoms with Gasteiger partial charge in [0.2, 0.25) is 5.91 Å². The highest BCUT2D eigenvalue weighted by Crippen LogP contribution is 2.32. The minimum absolute atomic E-state index is 0.140. The lowest BCUT2D eigenvalue weighted by Crippen LogP contribution is -2.49. The van der Waals surface area contributed by atoms with Gasteiger partial charge < -0.3 is 9.80 Å². The van der Waals surface area contributed by atoms with E-state index in [0.717, 1.165) is 32.2 Å². The zero-order valence-corrected chi connectivity index (χ0v) is 13.3. The van der Waals surface area contributed by atoms with Gasteiger partial charge in [-0.25, -0.2) is 14.4 Å². The summed E-state index contributed by atoms with van der Waals surface area (Å²) in [6, 6.07) is 0.140. The number of piperidine rings is 1. The van der Waals surface area contributed by atoms with Gasteiger partial charge in [-0.05, 0) is 32.1 Å². The molecule has 0 bridgehead atoms. The fraction of sp³-hybridized carbons (Fsp3) is 0.688. The van der Waals surface area contributed by atoms with Gasteiger partial charge in [0.1, 0.15) is 6.33 Å². The Morgan fingerprint density at radius 2 is 2.18 bits per heavy atom. The number of amides is 1. The van der Waals surface area contributed by atoms with Crippen molar-refractivity contribution in [1.29, 1.82) is 0 Å². The van der Waals surface area contributed by atoms with E-state index in [9.17, 15) is 9.18 Å². The second-order valence-electron chi connectivity index (χ2n) is 6.28. The van der Waals surface area contributed by atoms with Crippen LogP contribution in [-0.2, 0) is 11.2 Å². The Balaban J connectivity index is 1.74. The molecule has 1 aliphatic heterocycles. The summed E-state index contributed by atoms with van der Waals surface area (Å²) >= 11 is 0. The molecule has 2 fully saturated rings. The molecular weight excluding hydrogens is 283 g/mol. The molecule has 1 aromatic heterocycles. The maximum atomic E-state index is 14.4. The summed E-state index contributed by atoms with van der Waals surface area (Å²) < 4.78 is 14.4. The average Bonchev–Trinajstić information content (AvgIpc) is 3.39. The molecule has 1 unspecified atom stereocenters. The van der Waals surface area contributed by atoms with Crippen LogP contribution in [0.15, 0.2) is 6.33 Å². The van der Waals surface area contributed by atoms with Crippen LogP contribution in [-0.4, -0.2) is 47.0 Å². The number of rotatable bonds is 4. The second-order valence-corrected chi connectivity index (χ2v) is 6.28. The van der Waals surface area contributed by atoms with Crippen molar-refractivity contribution in [2.45, 2.75) is 45.1 Å². The van der Waals surface area contributed by atoms with Crippen LogP contribution in [0, 0.1) is 11.7 Å². The Hall–Kier alpha value is -1.72. The van der Waals surface area contributed by atoms with E-state index in [-0.39, 0.29) is 23.7 Å². The van der Waals surface area contributed by atoms with Crippen molar-refractivity contribution < 1.29 is 9.18 Å². The summed E-state index contributed by atoms with van der Waals surface area (Å²) in [5.74, 6) is 0.526. The largest absolute Gasteiger partial charge is 0.352 e. The van der Waals surface area contributed by atoms with Gasteiger partial charge >= 0.3 is 0 Å². The van der Waals surface area contributed by atoms with Gasteiger partial charge in [0.25, 0.3) is 0 Å². The van der Waals surface area contributed by atoms with Crippen molar-refractivity contribution in [2.24, 2.45) is 5.92 Å². The molecule has 1 saturated carbocycles. The maximum absolute atomic E-state index is 14.4. The van der Waals surface area contributed by atoms with Crippen molar-refractivity contribution in [1.82, 2.24) is 14.9 Å². The number of hydrogen-bond donors (Lipinski definition) is 0. The molecule has 120 valence electrons. The van der Waals surface area contributed by atoms with Gasteiger partial charge in [-0.1, -0.05) is 6.92 Å². The fourth-order valence-corrected chi connectivity index (χ4v) is 3.12. The second kappa shape index (κ2) is 6.18. The van der Waals surface area contributed by atoms with Gasteiger partial charge in [0, 0.05) is 32.1 Å². The van der Waals surface area contributed by atoms with Crippen LogP contribution in [0.1, 0.15) is 38.3 Å². The molecule has 0 aromatic carbocycles. The van der Waals surface area contributed by atoms with Crippen LogP contribution in [0.2, 0.25) is 0 Å². The highest BCUT2D eigenvalue weighted by molar-refractivity contribution is 5.81.